The Bertz CT molecular complexity index is 831. The van der Waals surface area contributed by atoms with Crippen LogP contribution in [0.25, 0.3) is 11.0 Å². The minimum atomic E-state index is -3.29. The zero-order valence-corrected chi connectivity index (χ0v) is 15.8. The molecule has 0 atom stereocenters. The van der Waals surface area contributed by atoms with E-state index in [1.807, 2.05) is 6.07 Å². The van der Waals surface area contributed by atoms with Gasteiger partial charge in [0, 0.05) is 11.7 Å². The molecule has 1 fully saturated rings. The van der Waals surface area contributed by atoms with Gasteiger partial charge >= 0.3 is 0 Å². The third kappa shape index (κ3) is 3.60. The highest BCUT2D eigenvalue weighted by Crippen LogP contribution is 2.34. The molecule has 0 aliphatic heterocycles. The summed E-state index contributed by atoms with van der Waals surface area (Å²) in [5.41, 5.74) is 3.04. The van der Waals surface area contributed by atoms with Crippen LogP contribution in [0.4, 0.5) is 0 Å². The summed E-state index contributed by atoms with van der Waals surface area (Å²) in [7, 11) is -3.29. The maximum absolute atomic E-state index is 12.3. The maximum atomic E-state index is 12.3. The summed E-state index contributed by atoms with van der Waals surface area (Å²) in [5, 5.41) is 0.494. The van der Waals surface area contributed by atoms with Gasteiger partial charge < -0.3 is 4.98 Å². The monoisotopic (exact) mass is 369 g/mol. The molecule has 0 radical (unpaired) electrons. The van der Waals surface area contributed by atoms with Crippen LogP contribution in [0.15, 0.2) is 18.2 Å². The van der Waals surface area contributed by atoms with E-state index in [1.54, 1.807) is 26.8 Å². The molecule has 2 N–H and O–H groups in total. The summed E-state index contributed by atoms with van der Waals surface area (Å²) in [4.78, 5) is 7.74. The van der Waals surface area contributed by atoms with Crippen molar-refractivity contribution in [1.82, 2.24) is 14.7 Å². The molecule has 0 saturated heterocycles. The Morgan fingerprint density at radius 3 is 2.50 bits per heavy atom. The Balaban J connectivity index is 1.66. The van der Waals surface area contributed by atoms with Crippen molar-refractivity contribution in [3.8, 4) is 0 Å². The highest BCUT2D eigenvalue weighted by Gasteiger charge is 2.33. The molecule has 1 aliphatic carbocycles. The number of fused-ring (bicyclic) bond motifs is 1. The fourth-order valence-electron chi connectivity index (χ4n) is 3.14. The average Bonchev–Trinajstić information content (AvgIpc) is 2.89. The minimum Gasteiger partial charge on any atom is -0.357 e. The SMILES string of the molecule is CC(C)(C)S(=O)(=O)N[C@H]1CC[C@H](c2cc3nc(Cl)ccc3[nH]2)CC1. The molecule has 0 bridgehead atoms. The number of nitrogens with one attached hydrogen (secondary N) is 2. The molecule has 0 amide bonds. The molecule has 5 nitrogen and oxygen atoms in total. The van der Waals surface area contributed by atoms with Gasteiger partial charge in [-0.2, -0.15) is 0 Å². The number of rotatable bonds is 3. The first kappa shape index (κ1) is 17.7. The molecule has 0 aromatic carbocycles. The van der Waals surface area contributed by atoms with E-state index in [0.717, 1.165) is 42.4 Å². The maximum Gasteiger partial charge on any atom is 0.216 e. The van der Waals surface area contributed by atoms with Crippen LogP contribution in [0.3, 0.4) is 0 Å². The van der Waals surface area contributed by atoms with Crippen molar-refractivity contribution < 1.29 is 8.42 Å². The molecule has 0 unspecified atom stereocenters. The lowest BCUT2D eigenvalue weighted by Gasteiger charge is -2.31. The Hall–Kier alpha value is -1.11. The van der Waals surface area contributed by atoms with Gasteiger partial charge in [-0.25, -0.2) is 18.1 Å². The number of sulfonamides is 1. The number of nitrogens with zero attached hydrogens (tertiary/aromatic N) is 1. The molecule has 1 aliphatic rings. The predicted molar refractivity (Wildman–Crippen MR) is 97.9 cm³/mol. The van der Waals surface area contributed by atoms with E-state index in [-0.39, 0.29) is 6.04 Å². The van der Waals surface area contributed by atoms with Gasteiger partial charge in [0.05, 0.1) is 15.8 Å². The zero-order chi connectivity index (χ0) is 17.5. The molecule has 3 rings (SSSR count). The number of aromatic nitrogens is 2. The molecule has 2 aromatic heterocycles. The van der Waals surface area contributed by atoms with Crippen LogP contribution in [-0.4, -0.2) is 29.2 Å². The number of pyridine rings is 1. The van der Waals surface area contributed by atoms with E-state index >= 15 is 0 Å². The van der Waals surface area contributed by atoms with Crippen molar-refractivity contribution in [1.29, 1.82) is 0 Å². The smallest absolute Gasteiger partial charge is 0.216 e. The van der Waals surface area contributed by atoms with Crippen LogP contribution in [0.5, 0.6) is 0 Å². The van der Waals surface area contributed by atoms with Crippen molar-refractivity contribution in [3.05, 3.63) is 29.0 Å². The van der Waals surface area contributed by atoms with Gasteiger partial charge in [0.1, 0.15) is 5.15 Å². The molecule has 0 spiro atoms. The van der Waals surface area contributed by atoms with E-state index in [2.05, 4.69) is 20.8 Å². The quantitative estimate of drug-likeness (QED) is 0.804. The summed E-state index contributed by atoms with van der Waals surface area (Å²) < 4.78 is 26.7. The van der Waals surface area contributed by atoms with Crippen LogP contribution in [-0.2, 0) is 10.0 Å². The summed E-state index contributed by atoms with van der Waals surface area (Å²) in [6.07, 6.45) is 3.61. The normalized spacial score (nSPS) is 22.8. The van der Waals surface area contributed by atoms with Crippen LogP contribution in [0.1, 0.15) is 58.1 Å². The number of H-pyrrole nitrogens is 1. The fourth-order valence-corrected chi connectivity index (χ4v) is 4.33. The molecule has 1 saturated carbocycles. The summed E-state index contributed by atoms with van der Waals surface area (Å²) >= 11 is 5.94. The van der Waals surface area contributed by atoms with Crippen molar-refractivity contribution in [2.24, 2.45) is 0 Å². The summed E-state index contributed by atoms with van der Waals surface area (Å²) in [6, 6.07) is 5.81. The molecule has 2 aromatic rings. The van der Waals surface area contributed by atoms with Crippen LogP contribution < -0.4 is 4.72 Å². The number of aromatic amines is 1. The topological polar surface area (TPSA) is 74.8 Å². The first-order chi connectivity index (χ1) is 11.2. The second-order valence-corrected chi connectivity index (χ2v) is 10.4. The van der Waals surface area contributed by atoms with E-state index < -0.39 is 14.8 Å². The molecule has 132 valence electrons. The molecule has 24 heavy (non-hydrogen) atoms. The number of hydrogen-bond donors (Lipinski definition) is 2. The van der Waals surface area contributed by atoms with Crippen LogP contribution in [0.2, 0.25) is 5.15 Å². The minimum absolute atomic E-state index is 0.0300. The third-order valence-corrected chi connectivity index (χ3v) is 7.22. The van der Waals surface area contributed by atoms with Gasteiger partial charge in [-0.15, -0.1) is 0 Å². The van der Waals surface area contributed by atoms with Crippen molar-refractivity contribution in [2.75, 3.05) is 0 Å². The Morgan fingerprint density at radius 1 is 1.21 bits per heavy atom. The number of halogens is 1. The van der Waals surface area contributed by atoms with Gasteiger partial charge in [0.2, 0.25) is 10.0 Å². The van der Waals surface area contributed by atoms with Gasteiger partial charge in [-0.05, 0) is 70.6 Å². The predicted octanol–water partition coefficient (Wildman–Crippen LogP) is 3.96. The lowest BCUT2D eigenvalue weighted by Crippen LogP contribution is -2.45. The molecule has 2 heterocycles. The number of hydrogen-bond acceptors (Lipinski definition) is 3. The van der Waals surface area contributed by atoms with Gasteiger partial charge in [0.15, 0.2) is 0 Å². The molecular formula is C17H24ClN3O2S. The molecule has 7 heteroatoms. The van der Waals surface area contributed by atoms with E-state index in [9.17, 15) is 8.42 Å². The van der Waals surface area contributed by atoms with Gasteiger partial charge in [-0.3, -0.25) is 0 Å². The van der Waals surface area contributed by atoms with Crippen molar-refractivity contribution in [3.63, 3.8) is 0 Å². The third-order valence-electron chi connectivity index (χ3n) is 4.76. The summed E-state index contributed by atoms with van der Waals surface area (Å²) in [5.74, 6) is 0.411. The van der Waals surface area contributed by atoms with E-state index in [1.165, 1.54) is 0 Å². The van der Waals surface area contributed by atoms with Gasteiger partial charge in [0.25, 0.3) is 0 Å². The summed E-state index contributed by atoms with van der Waals surface area (Å²) in [6.45, 7) is 5.18. The van der Waals surface area contributed by atoms with Crippen molar-refractivity contribution >= 4 is 32.7 Å². The Labute approximate surface area is 148 Å². The average molecular weight is 370 g/mol. The Morgan fingerprint density at radius 2 is 1.88 bits per heavy atom. The highest BCUT2D eigenvalue weighted by atomic mass is 35.5. The van der Waals surface area contributed by atoms with E-state index in [4.69, 9.17) is 11.6 Å². The van der Waals surface area contributed by atoms with Gasteiger partial charge in [-0.1, -0.05) is 11.6 Å². The van der Waals surface area contributed by atoms with Crippen molar-refractivity contribution in [2.45, 2.75) is 63.2 Å². The van der Waals surface area contributed by atoms with Crippen LogP contribution in [0, 0.1) is 0 Å². The van der Waals surface area contributed by atoms with E-state index in [0.29, 0.717) is 11.1 Å². The first-order valence-electron chi connectivity index (χ1n) is 8.33. The zero-order valence-electron chi connectivity index (χ0n) is 14.3. The second kappa shape index (κ2) is 6.32. The fraction of sp³-hybridized carbons (Fsp3) is 0.588. The Kier molecular flexibility index (Phi) is 4.66. The first-order valence-corrected chi connectivity index (χ1v) is 10.2. The molecular weight excluding hydrogens is 346 g/mol. The largest absolute Gasteiger partial charge is 0.357 e. The second-order valence-electron chi connectivity index (χ2n) is 7.57. The van der Waals surface area contributed by atoms with Crippen LogP contribution >= 0.6 is 11.6 Å². The highest BCUT2D eigenvalue weighted by molar-refractivity contribution is 7.90. The lowest BCUT2D eigenvalue weighted by molar-refractivity contribution is 0.368. The lowest BCUT2D eigenvalue weighted by atomic mass is 9.84. The standard InChI is InChI=1S/C17H24ClN3O2S/c1-17(2,3)24(22,23)21-12-6-4-11(5-7-12)14-10-15-13(19-14)8-9-16(18)20-15/h8-12,19,21H,4-7H2,1-3H3/t11-,12-.